The average Bonchev–Trinajstić information content (AvgIpc) is 3.28. The van der Waals surface area contributed by atoms with Crippen LogP contribution in [0.5, 0.6) is 0 Å². The van der Waals surface area contributed by atoms with Gasteiger partial charge in [-0.3, -0.25) is 4.79 Å². The minimum atomic E-state index is -0.829. The van der Waals surface area contributed by atoms with Crippen LogP contribution in [0.25, 0.3) is 11.4 Å². The molecule has 5 rings (SSSR count). The lowest BCUT2D eigenvalue weighted by Crippen LogP contribution is -2.32. The molecule has 0 aliphatic carbocycles. The van der Waals surface area contributed by atoms with Crippen molar-refractivity contribution in [3.63, 3.8) is 0 Å². The van der Waals surface area contributed by atoms with Crippen LogP contribution in [0, 0.1) is 0 Å². The molecule has 4 aromatic rings. The maximum Gasteiger partial charge on any atom is 0.269 e. The fraction of sp³-hybridized carbons (Fsp3) is 0.120. The van der Waals surface area contributed by atoms with Gasteiger partial charge in [-0.2, -0.15) is 9.36 Å². The van der Waals surface area contributed by atoms with Gasteiger partial charge in [0.25, 0.3) is 5.91 Å². The Hall–Kier alpha value is -3.84. The van der Waals surface area contributed by atoms with Crippen LogP contribution in [0.2, 0.25) is 0 Å². The van der Waals surface area contributed by atoms with E-state index in [0.717, 1.165) is 28.1 Å². The number of hydrogen-bond acceptors (Lipinski definition) is 6. The van der Waals surface area contributed by atoms with Gasteiger partial charge in [-0.1, -0.05) is 92.7 Å². The van der Waals surface area contributed by atoms with E-state index in [2.05, 4.69) is 20.0 Å². The number of nitrogens with zero attached hydrogens (tertiary/aromatic N) is 3. The molecule has 2 N–H and O–H groups in total. The molecule has 3 aromatic carbocycles. The van der Waals surface area contributed by atoms with E-state index in [1.807, 2.05) is 98.8 Å². The minimum Gasteiger partial charge on any atom is -0.331 e. The van der Waals surface area contributed by atoms with Crippen LogP contribution in [0.3, 0.4) is 0 Å². The van der Waals surface area contributed by atoms with Crippen LogP contribution < -0.4 is 10.6 Å². The first-order valence-electron chi connectivity index (χ1n) is 10.5. The molecular formula is C25H23N5OS. The zero-order chi connectivity index (χ0) is 22.3. The van der Waals surface area contributed by atoms with Crippen LogP contribution in [0.15, 0.2) is 89.9 Å². The summed E-state index contributed by atoms with van der Waals surface area (Å²) in [6.45, 7) is 4.00. The molecule has 1 atom stereocenters. The molecule has 160 valence electrons. The predicted octanol–water partition coefficient (Wildman–Crippen LogP) is 5.46. The van der Waals surface area contributed by atoms with E-state index in [1.54, 1.807) is 0 Å². The number of benzene rings is 3. The van der Waals surface area contributed by atoms with Gasteiger partial charge in [-0.05, 0) is 6.07 Å². The highest BCUT2D eigenvalue weighted by molar-refractivity contribution is 7.09. The van der Waals surface area contributed by atoms with Gasteiger partial charge >= 0.3 is 0 Å². The maximum absolute atomic E-state index is 12.9. The molecule has 1 aromatic heterocycles. The number of carbonyl (C=O) groups is 1. The molecule has 1 amide bonds. The third kappa shape index (κ3) is 4.58. The Morgan fingerprint density at radius 3 is 2.19 bits per heavy atom. The molecule has 1 unspecified atom stereocenters. The number of aromatic nitrogens is 2. The highest BCUT2D eigenvalue weighted by Gasteiger charge is 2.26. The van der Waals surface area contributed by atoms with Gasteiger partial charge in [0.2, 0.25) is 11.3 Å². The Balaban J connectivity index is 0.00000119. The smallest absolute Gasteiger partial charge is 0.269 e. The van der Waals surface area contributed by atoms with Crippen LogP contribution in [-0.2, 0) is 4.79 Å². The van der Waals surface area contributed by atoms with Crippen molar-refractivity contribution in [2.75, 3.05) is 10.6 Å². The number of hydrogen-bond donors (Lipinski definition) is 2. The minimum absolute atomic E-state index is 0.246. The summed E-state index contributed by atoms with van der Waals surface area (Å²) >= 11 is 1.21. The number of carbonyl (C=O) groups excluding carboxylic acids is 1. The molecule has 0 fully saturated rings. The zero-order valence-corrected chi connectivity index (χ0v) is 18.6. The lowest BCUT2D eigenvalue weighted by Gasteiger charge is -2.11. The summed E-state index contributed by atoms with van der Waals surface area (Å²) in [5, 5.41) is 6.65. The molecule has 0 saturated carbocycles. The van der Waals surface area contributed by atoms with Gasteiger partial charge in [0.1, 0.15) is 0 Å². The lowest BCUT2D eigenvalue weighted by atomic mass is 10.0. The van der Waals surface area contributed by atoms with E-state index in [9.17, 15) is 4.79 Å². The number of amides is 1. The van der Waals surface area contributed by atoms with Crippen molar-refractivity contribution in [3.05, 3.63) is 96.1 Å². The van der Waals surface area contributed by atoms with Crippen molar-refractivity contribution in [2.24, 2.45) is 4.99 Å². The second kappa shape index (κ2) is 9.98. The van der Waals surface area contributed by atoms with Crippen molar-refractivity contribution >= 4 is 34.0 Å². The molecule has 2 heterocycles. The maximum atomic E-state index is 12.9. The van der Waals surface area contributed by atoms with E-state index < -0.39 is 6.17 Å². The monoisotopic (exact) mass is 441 g/mol. The summed E-state index contributed by atoms with van der Waals surface area (Å²) in [4.78, 5) is 22.2. The summed E-state index contributed by atoms with van der Waals surface area (Å²) in [7, 11) is 0. The number of nitrogens with one attached hydrogen (secondary N) is 2. The Morgan fingerprint density at radius 2 is 1.47 bits per heavy atom. The molecule has 1 aliphatic rings. The van der Waals surface area contributed by atoms with Gasteiger partial charge in [-0.25, -0.2) is 4.99 Å². The highest BCUT2D eigenvalue weighted by Crippen LogP contribution is 2.26. The molecule has 7 heteroatoms. The highest BCUT2D eigenvalue weighted by atomic mass is 32.1. The summed E-state index contributed by atoms with van der Waals surface area (Å²) in [6.07, 6.45) is -0.829. The van der Waals surface area contributed by atoms with E-state index in [1.165, 1.54) is 11.5 Å². The zero-order valence-electron chi connectivity index (χ0n) is 17.8. The Labute approximate surface area is 191 Å². The normalized spacial score (nSPS) is 14.8. The third-order valence-electron chi connectivity index (χ3n) is 4.71. The van der Waals surface area contributed by atoms with Crippen molar-refractivity contribution in [1.29, 1.82) is 0 Å². The van der Waals surface area contributed by atoms with Crippen molar-refractivity contribution in [1.82, 2.24) is 9.36 Å². The van der Waals surface area contributed by atoms with E-state index in [4.69, 9.17) is 4.99 Å². The molecule has 0 saturated heterocycles. The second-order valence-electron chi connectivity index (χ2n) is 6.71. The number of aliphatic imine (C=N–C) groups is 1. The van der Waals surface area contributed by atoms with E-state index in [0.29, 0.717) is 11.0 Å². The molecule has 0 bridgehead atoms. The SMILES string of the molecule is CC.O=C1Nc2ccccc2C(c2ccccc2)=NC1Nc1nc(-c2ccccc2)ns1. The van der Waals surface area contributed by atoms with Gasteiger partial charge in [0.15, 0.2) is 5.82 Å². The topological polar surface area (TPSA) is 79.3 Å². The Bertz CT molecular complexity index is 1220. The van der Waals surface area contributed by atoms with Crippen molar-refractivity contribution < 1.29 is 4.79 Å². The number of rotatable bonds is 4. The molecule has 0 radical (unpaired) electrons. The standard InChI is InChI=1S/C23H17N5OS.C2H6/c29-22-21(27-23-26-20(28-30-23)16-11-5-2-6-12-16)25-19(15-9-3-1-4-10-15)17-13-7-8-14-18(17)24-22;1-2/h1-14,21H,(H,24,29)(H,26,27,28);1-2H3. The number of fused-ring (bicyclic) bond motifs is 1. The fourth-order valence-electron chi connectivity index (χ4n) is 3.28. The quantitative estimate of drug-likeness (QED) is 0.441. The van der Waals surface area contributed by atoms with Crippen molar-refractivity contribution in [3.8, 4) is 11.4 Å². The van der Waals surface area contributed by atoms with Crippen LogP contribution >= 0.6 is 11.5 Å². The second-order valence-corrected chi connectivity index (χ2v) is 7.47. The first kappa shape index (κ1) is 21.4. The first-order valence-corrected chi connectivity index (χ1v) is 11.2. The summed E-state index contributed by atoms with van der Waals surface area (Å²) in [5.41, 5.74) is 4.22. The third-order valence-corrected chi connectivity index (χ3v) is 5.36. The van der Waals surface area contributed by atoms with E-state index >= 15 is 0 Å². The Kier molecular flexibility index (Phi) is 6.67. The fourth-order valence-corrected chi connectivity index (χ4v) is 3.90. The average molecular weight is 442 g/mol. The van der Waals surface area contributed by atoms with Gasteiger partial charge in [0.05, 0.1) is 11.4 Å². The summed E-state index contributed by atoms with van der Waals surface area (Å²) in [6, 6.07) is 27.3. The van der Waals surface area contributed by atoms with Crippen LogP contribution in [0.4, 0.5) is 10.8 Å². The molecular weight excluding hydrogens is 418 g/mol. The molecule has 6 nitrogen and oxygen atoms in total. The number of anilines is 2. The summed E-state index contributed by atoms with van der Waals surface area (Å²) < 4.78 is 4.40. The van der Waals surface area contributed by atoms with Gasteiger partial charge < -0.3 is 10.6 Å². The summed E-state index contributed by atoms with van der Waals surface area (Å²) in [5.74, 6) is 0.373. The van der Waals surface area contributed by atoms with Crippen LogP contribution in [0.1, 0.15) is 25.0 Å². The first-order chi connectivity index (χ1) is 15.8. The largest absolute Gasteiger partial charge is 0.331 e. The van der Waals surface area contributed by atoms with E-state index in [-0.39, 0.29) is 5.91 Å². The lowest BCUT2D eigenvalue weighted by molar-refractivity contribution is -0.116. The molecule has 0 spiro atoms. The molecule has 32 heavy (non-hydrogen) atoms. The predicted molar refractivity (Wildman–Crippen MR) is 131 cm³/mol. The number of para-hydroxylation sites is 1. The van der Waals surface area contributed by atoms with Gasteiger partial charge in [0, 0.05) is 28.2 Å². The molecule has 1 aliphatic heterocycles. The van der Waals surface area contributed by atoms with Gasteiger partial charge in [-0.15, -0.1) is 0 Å². The number of benzodiazepines with no additional fused rings is 1. The van der Waals surface area contributed by atoms with Crippen LogP contribution in [-0.4, -0.2) is 27.1 Å². The van der Waals surface area contributed by atoms with Crippen molar-refractivity contribution in [2.45, 2.75) is 20.0 Å². The Morgan fingerprint density at radius 1 is 0.844 bits per heavy atom.